The molecule has 1 aromatic carbocycles. The fourth-order valence-electron chi connectivity index (χ4n) is 3.38. The lowest BCUT2D eigenvalue weighted by Gasteiger charge is -2.42. The van der Waals surface area contributed by atoms with Crippen molar-refractivity contribution >= 4 is 5.91 Å². The summed E-state index contributed by atoms with van der Waals surface area (Å²) < 4.78 is 0. The van der Waals surface area contributed by atoms with Crippen LogP contribution in [0.4, 0.5) is 0 Å². The van der Waals surface area contributed by atoms with E-state index in [0.29, 0.717) is 12.6 Å². The zero-order chi connectivity index (χ0) is 13.2. The number of nitrogens with zero attached hydrogens (tertiary/aromatic N) is 1. The Balaban J connectivity index is 1.78. The van der Waals surface area contributed by atoms with Gasteiger partial charge >= 0.3 is 0 Å². The van der Waals surface area contributed by atoms with Crippen molar-refractivity contribution < 1.29 is 4.79 Å². The van der Waals surface area contributed by atoms with Crippen molar-refractivity contribution in [3.8, 4) is 0 Å². The normalized spacial score (nSPS) is 27.8. The molecule has 0 spiro atoms. The number of amides is 1. The van der Waals surface area contributed by atoms with Crippen molar-refractivity contribution in [3.63, 3.8) is 0 Å². The maximum absolute atomic E-state index is 11.6. The molecule has 0 aromatic heterocycles. The summed E-state index contributed by atoms with van der Waals surface area (Å²) in [5.41, 5.74) is 8.43. The number of piperazine rings is 1. The minimum Gasteiger partial charge on any atom is -0.368 e. The lowest BCUT2D eigenvalue weighted by Crippen LogP contribution is -2.60. The first-order valence-corrected chi connectivity index (χ1v) is 7.08. The summed E-state index contributed by atoms with van der Waals surface area (Å²) in [6.45, 7) is 2.55. The molecule has 0 bridgehead atoms. The van der Waals surface area contributed by atoms with Gasteiger partial charge in [-0.15, -0.1) is 0 Å². The maximum atomic E-state index is 11.6. The number of carbonyl (C=O) groups is 1. The Labute approximate surface area is 114 Å². The smallest absolute Gasteiger partial charge is 0.236 e. The highest BCUT2D eigenvalue weighted by molar-refractivity contribution is 5.80. The molecule has 2 unspecified atom stereocenters. The summed E-state index contributed by atoms with van der Waals surface area (Å²) >= 11 is 0. The third-order valence-corrected chi connectivity index (χ3v) is 4.40. The van der Waals surface area contributed by atoms with Crippen LogP contribution < -0.4 is 11.1 Å². The Hall–Kier alpha value is -1.39. The topological polar surface area (TPSA) is 58.4 Å². The van der Waals surface area contributed by atoms with E-state index < -0.39 is 0 Å². The molecule has 2 atom stereocenters. The van der Waals surface area contributed by atoms with Crippen LogP contribution in [0.3, 0.4) is 0 Å². The van der Waals surface area contributed by atoms with Crippen LogP contribution in [-0.4, -0.2) is 42.5 Å². The molecular formula is C15H21N3O. The SMILES string of the molecule is NC(=O)C1CNCCN1C1CCc2ccccc2C1. The Morgan fingerprint density at radius 1 is 1.32 bits per heavy atom. The van der Waals surface area contributed by atoms with Gasteiger partial charge in [-0.2, -0.15) is 0 Å². The molecule has 1 heterocycles. The average Bonchev–Trinajstić information content (AvgIpc) is 2.46. The van der Waals surface area contributed by atoms with Crippen LogP contribution in [0.5, 0.6) is 0 Å². The Morgan fingerprint density at radius 2 is 2.11 bits per heavy atom. The molecule has 1 saturated heterocycles. The first-order chi connectivity index (χ1) is 9.25. The van der Waals surface area contributed by atoms with Crippen LogP contribution in [0.15, 0.2) is 24.3 Å². The summed E-state index contributed by atoms with van der Waals surface area (Å²) in [4.78, 5) is 13.9. The summed E-state index contributed by atoms with van der Waals surface area (Å²) in [7, 11) is 0. The van der Waals surface area contributed by atoms with Gasteiger partial charge in [0.05, 0.1) is 0 Å². The van der Waals surface area contributed by atoms with E-state index in [1.54, 1.807) is 0 Å². The molecule has 4 nitrogen and oxygen atoms in total. The minimum atomic E-state index is -0.203. The highest BCUT2D eigenvalue weighted by Gasteiger charge is 2.33. The summed E-state index contributed by atoms with van der Waals surface area (Å²) in [5.74, 6) is -0.203. The molecular weight excluding hydrogens is 238 g/mol. The number of benzene rings is 1. The average molecular weight is 259 g/mol. The zero-order valence-electron chi connectivity index (χ0n) is 11.1. The number of primary amides is 1. The molecule has 4 heteroatoms. The molecule has 3 rings (SSSR count). The van der Waals surface area contributed by atoms with E-state index in [0.717, 1.165) is 32.4 Å². The molecule has 1 aliphatic carbocycles. The fraction of sp³-hybridized carbons (Fsp3) is 0.533. The molecule has 1 aromatic rings. The van der Waals surface area contributed by atoms with Gasteiger partial charge in [-0.1, -0.05) is 24.3 Å². The molecule has 1 amide bonds. The number of rotatable bonds is 2. The summed E-state index contributed by atoms with van der Waals surface area (Å²) in [6, 6.07) is 8.94. The van der Waals surface area contributed by atoms with E-state index in [4.69, 9.17) is 5.73 Å². The molecule has 1 fully saturated rings. The Morgan fingerprint density at radius 3 is 2.89 bits per heavy atom. The molecule has 0 radical (unpaired) electrons. The second-order valence-corrected chi connectivity index (χ2v) is 5.53. The molecule has 2 aliphatic rings. The van der Waals surface area contributed by atoms with Crippen molar-refractivity contribution in [2.45, 2.75) is 31.3 Å². The van der Waals surface area contributed by atoms with Crippen molar-refractivity contribution in [2.75, 3.05) is 19.6 Å². The van der Waals surface area contributed by atoms with Gasteiger partial charge in [-0.05, 0) is 30.4 Å². The van der Waals surface area contributed by atoms with Gasteiger partial charge in [0.2, 0.25) is 5.91 Å². The largest absolute Gasteiger partial charge is 0.368 e. The van der Waals surface area contributed by atoms with Gasteiger partial charge in [0, 0.05) is 25.7 Å². The van der Waals surface area contributed by atoms with E-state index in [1.165, 1.54) is 11.1 Å². The number of carbonyl (C=O) groups excluding carboxylic acids is 1. The van der Waals surface area contributed by atoms with Crippen LogP contribution >= 0.6 is 0 Å². The van der Waals surface area contributed by atoms with Crippen LogP contribution in [0.25, 0.3) is 0 Å². The van der Waals surface area contributed by atoms with Gasteiger partial charge in [-0.3, -0.25) is 9.69 Å². The van der Waals surface area contributed by atoms with Crippen LogP contribution in [0.1, 0.15) is 17.5 Å². The first-order valence-electron chi connectivity index (χ1n) is 7.08. The van der Waals surface area contributed by atoms with E-state index in [2.05, 4.69) is 34.5 Å². The quantitative estimate of drug-likeness (QED) is 0.803. The van der Waals surface area contributed by atoms with Crippen molar-refractivity contribution in [1.82, 2.24) is 10.2 Å². The number of nitrogens with one attached hydrogen (secondary N) is 1. The summed E-state index contributed by atoms with van der Waals surface area (Å²) in [6.07, 6.45) is 3.27. The van der Waals surface area contributed by atoms with Crippen LogP contribution in [0, 0.1) is 0 Å². The van der Waals surface area contributed by atoms with E-state index in [-0.39, 0.29) is 11.9 Å². The second-order valence-electron chi connectivity index (χ2n) is 5.53. The van der Waals surface area contributed by atoms with Gasteiger partial charge < -0.3 is 11.1 Å². The highest BCUT2D eigenvalue weighted by Crippen LogP contribution is 2.26. The van der Waals surface area contributed by atoms with Crippen molar-refractivity contribution in [1.29, 1.82) is 0 Å². The van der Waals surface area contributed by atoms with Crippen LogP contribution in [-0.2, 0) is 17.6 Å². The Kier molecular flexibility index (Phi) is 3.53. The number of hydrogen-bond acceptors (Lipinski definition) is 3. The molecule has 0 saturated carbocycles. The first kappa shape index (κ1) is 12.6. The lowest BCUT2D eigenvalue weighted by molar-refractivity contribution is -0.125. The van der Waals surface area contributed by atoms with E-state index in [1.807, 2.05) is 0 Å². The number of hydrogen-bond donors (Lipinski definition) is 2. The molecule has 19 heavy (non-hydrogen) atoms. The fourth-order valence-corrected chi connectivity index (χ4v) is 3.38. The predicted molar refractivity (Wildman–Crippen MR) is 74.8 cm³/mol. The molecule has 3 N–H and O–H groups in total. The van der Waals surface area contributed by atoms with Gasteiger partial charge in [0.15, 0.2) is 0 Å². The third kappa shape index (κ3) is 2.51. The van der Waals surface area contributed by atoms with Crippen LogP contribution in [0.2, 0.25) is 0 Å². The van der Waals surface area contributed by atoms with Crippen molar-refractivity contribution in [2.24, 2.45) is 5.73 Å². The summed E-state index contributed by atoms with van der Waals surface area (Å²) in [5, 5.41) is 3.26. The van der Waals surface area contributed by atoms with Gasteiger partial charge in [-0.25, -0.2) is 0 Å². The Bertz CT molecular complexity index is 474. The maximum Gasteiger partial charge on any atom is 0.236 e. The number of nitrogens with two attached hydrogens (primary N) is 1. The van der Waals surface area contributed by atoms with E-state index >= 15 is 0 Å². The van der Waals surface area contributed by atoms with Gasteiger partial charge in [0.25, 0.3) is 0 Å². The lowest BCUT2D eigenvalue weighted by atomic mass is 9.86. The van der Waals surface area contributed by atoms with Gasteiger partial charge in [0.1, 0.15) is 6.04 Å². The number of fused-ring (bicyclic) bond motifs is 1. The monoisotopic (exact) mass is 259 g/mol. The number of aryl methyl sites for hydroxylation is 1. The second kappa shape index (κ2) is 5.31. The standard InChI is InChI=1S/C15H21N3O/c16-15(19)14-10-17-7-8-18(14)13-6-5-11-3-1-2-4-12(11)9-13/h1-4,13-14,17H,5-10H2,(H2,16,19). The predicted octanol–water partition coefficient (Wildman–Crippen LogP) is 0.303. The molecule has 102 valence electrons. The highest BCUT2D eigenvalue weighted by atomic mass is 16.1. The minimum absolute atomic E-state index is 0.149. The zero-order valence-corrected chi connectivity index (χ0v) is 11.1. The third-order valence-electron chi connectivity index (χ3n) is 4.40. The van der Waals surface area contributed by atoms with Crippen molar-refractivity contribution in [3.05, 3.63) is 35.4 Å². The van der Waals surface area contributed by atoms with E-state index in [9.17, 15) is 4.79 Å². The molecule has 1 aliphatic heterocycles.